The van der Waals surface area contributed by atoms with Crippen molar-refractivity contribution in [2.75, 3.05) is 30.4 Å². The monoisotopic (exact) mass is 455 g/mol. The Morgan fingerprint density at radius 3 is 2.73 bits per heavy atom. The van der Waals surface area contributed by atoms with E-state index in [2.05, 4.69) is 15.3 Å². The topological polar surface area (TPSA) is 110 Å². The Morgan fingerprint density at radius 1 is 1.15 bits per heavy atom. The summed E-state index contributed by atoms with van der Waals surface area (Å²) in [6.07, 6.45) is 1.12. The summed E-state index contributed by atoms with van der Waals surface area (Å²) in [7, 11) is 1.54. The molecule has 172 valence electrons. The van der Waals surface area contributed by atoms with Gasteiger partial charge in [0.1, 0.15) is 17.3 Å². The van der Waals surface area contributed by atoms with Crippen molar-refractivity contribution in [3.8, 4) is 5.75 Å². The molecule has 0 aliphatic carbocycles. The minimum absolute atomic E-state index is 0.00384. The minimum Gasteiger partial charge on any atom is -0.497 e. The number of anilines is 2. The number of methoxy groups -OCH3 is 1. The van der Waals surface area contributed by atoms with Crippen LogP contribution in [0.15, 0.2) is 42.6 Å². The number of hydrogen-bond donors (Lipinski definition) is 2. The summed E-state index contributed by atoms with van der Waals surface area (Å²) in [6, 6.07) is 9.80. The second-order valence-corrected chi connectivity index (χ2v) is 7.86. The fourth-order valence-electron chi connectivity index (χ4n) is 3.80. The van der Waals surface area contributed by atoms with Crippen molar-refractivity contribution >= 4 is 34.2 Å². The van der Waals surface area contributed by atoms with E-state index in [0.29, 0.717) is 34.7 Å². The van der Waals surface area contributed by atoms with Crippen molar-refractivity contribution < 1.29 is 23.1 Å². The van der Waals surface area contributed by atoms with Crippen LogP contribution in [0.5, 0.6) is 5.75 Å². The Kier molecular flexibility index (Phi) is 6.08. The summed E-state index contributed by atoms with van der Waals surface area (Å²) in [5.41, 5.74) is 6.42. The van der Waals surface area contributed by atoms with E-state index in [1.807, 2.05) is 0 Å². The summed E-state index contributed by atoms with van der Waals surface area (Å²) >= 11 is 0. The molecule has 4 rings (SSSR count). The zero-order chi connectivity index (χ0) is 23.6. The van der Waals surface area contributed by atoms with Crippen LogP contribution in [0.2, 0.25) is 0 Å². The molecular weight excluding hydrogens is 432 g/mol. The number of hydrogen-bond acceptors (Lipinski definition) is 6. The van der Waals surface area contributed by atoms with Gasteiger partial charge in [0.05, 0.1) is 18.2 Å². The van der Waals surface area contributed by atoms with E-state index in [4.69, 9.17) is 10.5 Å². The van der Waals surface area contributed by atoms with Crippen LogP contribution in [0.1, 0.15) is 40.1 Å². The number of fused-ring (bicyclic) bond motifs is 1. The lowest BCUT2D eigenvalue weighted by molar-refractivity contribution is -0.0102. The number of halogens is 2. The molecule has 1 aliphatic rings. The molecule has 1 fully saturated rings. The molecule has 2 amide bonds. The van der Waals surface area contributed by atoms with Crippen LogP contribution < -0.4 is 20.7 Å². The Labute approximate surface area is 188 Å². The number of nitrogens with one attached hydrogen (secondary N) is 1. The molecular formula is C23H23F2N5O3. The molecule has 0 atom stereocenters. The minimum atomic E-state index is -2.75. The molecule has 3 heterocycles. The van der Waals surface area contributed by atoms with Gasteiger partial charge in [-0.1, -0.05) is 0 Å². The summed E-state index contributed by atoms with van der Waals surface area (Å²) in [5, 5.41) is 3.39. The molecule has 2 aromatic heterocycles. The first-order chi connectivity index (χ1) is 15.8. The summed E-state index contributed by atoms with van der Waals surface area (Å²) in [6.45, 7) is 0.425. The molecule has 3 N–H and O–H groups in total. The smallest absolute Gasteiger partial charge is 0.267 e. The zero-order valence-corrected chi connectivity index (χ0v) is 18.0. The number of alkyl halides is 2. The lowest BCUT2D eigenvalue weighted by Gasteiger charge is -2.24. The molecule has 1 aliphatic heterocycles. The first-order valence-electron chi connectivity index (χ1n) is 10.4. The van der Waals surface area contributed by atoms with Gasteiger partial charge in [-0.05, 0) is 42.8 Å². The molecule has 8 nitrogen and oxygen atoms in total. The predicted molar refractivity (Wildman–Crippen MR) is 120 cm³/mol. The van der Waals surface area contributed by atoms with Crippen molar-refractivity contribution in [2.24, 2.45) is 5.73 Å². The van der Waals surface area contributed by atoms with Crippen molar-refractivity contribution in [1.29, 1.82) is 0 Å². The number of benzene rings is 1. The number of carbonyl (C=O) groups is 2. The van der Waals surface area contributed by atoms with Gasteiger partial charge in [-0.15, -0.1) is 0 Å². The van der Waals surface area contributed by atoms with Crippen LogP contribution >= 0.6 is 0 Å². The standard InChI is InChI=1S/C23H23F2N5O3/c1-33-16-3-4-18-14(11-16)12-17(21(29-18)30-9-2-6-23(24,25)7-10-30)22(32)28-15-5-8-27-19(13-15)20(26)31/h3-5,8,11-13H,2,6-7,9-10H2,1H3,(H2,26,31)(H,27,28,32). The summed E-state index contributed by atoms with van der Waals surface area (Å²) in [4.78, 5) is 34.9. The lowest BCUT2D eigenvalue weighted by atomic mass is 10.1. The Balaban J connectivity index is 1.75. The number of nitrogens with two attached hydrogens (primary N) is 1. The van der Waals surface area contributed by atoms with E-state index < -0.39 is 17.7 Å². The fourth-order valence-corrected chi connectivity index (χ4v) is 3.80. The first-order valence-corrected chi connectivity index (χ1v) is 10.4. The number of amides is 2. The molecule has 10 heteroatoms. The third-order valence-electron chi connectivity index (χ3n) is 5.53. The second kappa shape index (κ2) is 8.97. The third-order valence-corrected chi connectivity index (χ3v) is 5.53. The normalized spacial score (nSPS) is 15.7. The van der Waals surface area contributed by atoms with Crippen molar-refractivity contribution in [2.45, 2.75) is 25.2 Å². The Bertz CT molecular complexity index is 1220. The summed E-state index contributed by atoms with van der Waals surface area (Å²) in [5.74, 6) is -3.05. The molecule has 0 unspecified atom stereocenters. The lowest BCUT2D eigenvalue weighted by Crippen LogP contribution is -2.29. The van der Waals surface area contributed by atoms with E-state index in [-0.39, 0.29) is 37.1 Å². The van der Waals surface area contributed by atoms with Gasteiger partial charge in [0.25, 0.3) is 11.8 Å². The van der Waals surface area contributed by atoms with Crippen LogP contribution in [-0.2, 0) is 0 Å². The molecule has 3 aromatic rings. The number of pyridine rings is 2. The van der Waals surface area contributed by atoms with E-state index >= 15 is 0 Å². The van der Waals surface area contributed by atoms with Gasteiger partial charge in [0.2, 0.25) is 5.92 Å². The number of carbonyl (C=O) groups excluding carboxylic acids is 2. The van der Waals surface area contributed by atoms with Crippen LogP contribution in [0.3, 0.4) is 0 Å². The zero-order valence-electron chi connectivity index (χ0n) is 18.0. The Morgan fingerprint density at radius 2 is 1.97 bits per heavy atom. The molecule has 33 heavy (non-hydrogen) atoms. The predicted octanol–water partition coefficient (Wildman–Crippen LogP) is 3.62. The van der Waals surface area contributed by atoms with E-state index in [1.165, 1.54) is 25.4 Å². The highest BCUT2D eigenvalue weighted by Gasteiger charge is 2.33. The SMILES string of the molecule is COc1ccc2nc(N3CCCC(F)(F)CC3)c(C(=O)Nc3ccnc(C(N)=O)c3)cc2c1. The number of primary amides is 1. The van der Waals surface area contributed by atoms with Gasteiger partial charge in [-0.25, -0.2) is 13.8 Å². The highest BCUT2D eigenvalue weighted by molar-refractivity contribution is 6.10. The van der Waals surface area contributed by atoms with Crippen LogP contribution in [0, 0.1) is 0 Å². The van der Waals surface area contributed by atoms with Gasteiger partial charge in [0, 0.05) is 43.2 Å². The number of nitrogens with zero attached hydrogens (tertiary/aromatic N) is 3. The highest BCUT2D eigenvalue weighted by Crippen LogP contribution is 2.32. The van der Waals surface area contributed by atoms with E-state index in [1.54, 1.807) is 29.2 Å². The van der Waals surface area contributed by atoms with Crippen molar-refractivity contribution in [3.63, 3.8) is 0 Å². The van der Waals surface area contributed by atoms with Gasteiger partial charge in [-0.2, -0.15) is 0 Å². The van der Waals surface area contributed by atoms with Gasteiger partial charge in [-0.3, -0.25) is 14.6 Å². The molecule has 1 saturated heterocycles. The van der Waals surface area contributed by atoms with Gasteiger partial charge in [0.15, 0.2) is 0 Å². The summed E-state index contributed by atoms with van der Waals surface area (Å²) < 4.78 is 33.2. The third kappa shape index (κ3) is 5.00. The number of rotatable bonds is 5. The first kappa shape index (κ1) is 22.4. The van der Waals surface area contributed by atoms with Crippen molar-refractivity contribution in [1.82, 2.24) is 9.97 Å². The molecule has 0 radical (unpaired) electrons. The Hall–Kier alpha value is -3.82. The van der Waals surface area contributed by atoms with Crippen LogP contribution in [0.25, 0.3) is 10.9 Å². The maximum atomic E-state index is 14.0. The van der Waals surface area contributed by atoms with E-state index in [9.17, 15) is 18.4 Å². The maximum absolute atomic E-state index is 14.0. The maximum Gasteiger partial charge on any atom is 0.267 e. The molecule has 0 saturated carbocycles. The van der Waals surface area contributed by atoms with Crippen molar-refractivity contribution in [3.05, 3.63) is 53.9 Å². The average molecular weight is 455 g/mol. The molecule has 0 spiro atoms. The van der Waals surface area contributed by atoms with Crippen LogP contribution in [0.4, 0.5) is 20.3 Å². The van der Waals surface area contributed by atoms with E-state index in [0.717, 1.165) is 0 Å². The second-order valence-electron chi connectivity index (χ2n) is 7.86. The molecule has 1 aromatic carbocycles. The van der Waals surface area contributed by atoms with Gasteiger partial charge >= 0.3 is 0 Å². The molecule has 0 bridgehead atoms. The number of aromatic nitrogens is 2. The highest BCUT2D eigenvalue weighted by atomic mass is 19.3. The van der Waals surface area contributed by atoms with Crippen LogP contribution in [-0.4, -0.2) is 47.9 Å². The van der Waals surface area contributed by atoms with Gasteiger partial charge < -0.3 is 20.7 Å². The quantitative estimate of drug-likeness (QED) is 0.608. The fraction of sp³-hybridized carbons (Fsp3) is 0.304. The average Bonchev–Trinajstić information content (AvgIpc) is 2.98. The largest absolute Gasteiger partial charge is 0.497 e. The number of ether oxygens (including phenoxy) is 1.